The molecule has 1 aromatic carbocycles. The topological polar surface area (TPSA) is 65.4 Å². The van der Waals surface area contributed by atoms with E-state index in [9.17, 15) is 4.79 Å². The number of nitrogens with zero attached hydrogens (tertiary/aromatic N) is 3. The van der Waals surface area contributed by atoms with Gasteiger partial charge in [0.1, 0.15) is 5.65 Å². The number of carbonyl (C=O) groups excluding carboxylic acids is 1. The van der Waals surface area contributed by atoms with Gasteiger partial charge in [0.15, 0.2) is 0 Å². The van der Waals surface area contributed by atoms with Crippen LogP contribution in [0, 0.1) is 5.92 Å². The van der Waals surface area contributed by atoms with E-state index in [2.05, 4.69) is 55.0 Å². The molecule has 9 heteroatoms. The van der Waals surface area contributed by atoms with Crippen LogP contribution in [0.5, 0.6) is 0 Å². The quantitative estimate of drug-likeness (QED) is 0.361. The molecule has 6 nitrogen and oxygen atoms in total. The second-order valence-corrected chi connectivity index (χ2v) is 10.0. The molecule has 0 bridgehead atoms. The maximum Gasteiger partial charge on any atom is 0.258 e. The number of H-pyrrole nitrogens is 1. The molecule has 2 aliphatic heterocycles. The first kappa shape index (κ1) is 25.6. The number of para-hydroxylation sites is 1. The molecule has 184 valence electrons. The van der Waals surface area contributed by atoms with E-state index >= 15 is 0 Å². The maximum absolute atomic E-state index is 12.9. The zero-order valence-corrected chi connectivity index (χ0v) is 21.7. The standard InChI is InChI=1S/C26H27N5OS.2ClH/c32-26(23-14-20-17-28-24-6-3-7-25(33-23)31(20)24)29-15-18-8-11-30(12-9-18)13-10-19-16-27-22-5-2-1-4-21(19)22;;/h1-7,14,16-18,27H,8-13,15H2,(H,29,32);2*1H. The van der Waals surface area contributed by atoms with Crippen molar-refractivity contribution in [3.8, 4) is 0 Å². The van der Waals surface area contributed by atoms with Gasteiger partial charge in [0, 0.05) is 30.2 Å². The number of carbonyl (C=O) groups is 1. The molecule has 3 aromatic heterocycles. The van der Waals surface area contributed by atoms with Crippen molar-refractivity contribution in [1.82, 2.24) is 24.6 Å². The third-order valence-corrected chi connectivity index (χ3v) is 7.92. The second kappa shape index (κ2) is 11.1. The van der Waals surface area contributed by atoms with Gasteiger partial charge in [-0.05, 0) is 68.1 Å². The summed E-state index contributed by atoms with van der Waals surface area (Å²) >= 11 is 1.52. The lowest BCUT2D eigenvalue weighted by Crippen LogP contribution is -2.39. The Hall–Kier alpha value is -2.45. The number of likely N-dealkylation sites (tertiary alicyclic amines) is 1. The summed E-state index contributed by atoms with van der Waals surface area (Å²) in [4.78, 5) is 24.0. The number of aromatic nitrogens is 3. The number of aromatic amines is 1. The van der Waals surface area contributed by atoms with Gasteiger partial charge >= 0.3 is 0 Å². The van der Waals surface area contributed by atoms with Crippen LogP contribution < -0.4 is 5.32 Å². The number of imidazole rings is 1. The van der Waals surface area contributed by atoms with Crippen LogP contribution in [0.3, 0.4) is 0 Å². The van der Waals surface area contributed by atoms with Crippen LogP contribution in [0.1, 0.15) is 24.1 Å². The molecule has 0 aliphatic carbocycles. The normalized spacial score (nSPS) is 15.9. The van der Waals surface area contributed by atoms with Crippen molar-refractivity contribution in [2.45, 2.75) is 24.3 Å². The molecule has 4 aromatic rings. The lowest BCUT2D eigenvalue weighted by atomic mass is 9.96. The summed E-state index contributed by atoms with van der Waals surface area (Å²) in [6.07, 6.45) is 9.26. The molecule has 1 fully saturated rings. The van der Waals surface area contributed by atoms with Gasteiger partial charge in [-0.3, -0.25) is 9.20 Å². The smallest absolute Gasteiger partial charge is 0.258 e. The highest BCUT2D eigenvalue weighted by Gasteiger charge is 2.23. The number of halogens is 2. The zero-order valence-electron chi connectivity index (χ0n) is 19.3. The highest BCUT2D eigenvalue weighted by atomic mass is 35.5. The minimum absolute atomic E-state index is 0. The predicted octanol–water partition coefficient (Wildman–Crippen LogP) is 5.18. The van der Waals surface area contributed by atoms with E-state index in [0.717, 1.165) is 66.7 Å². The molecule has 2 N–H and O–H groups in total. The minimum atomic E-state index is 0. The first-order valence-corrected chi connectivity index (χ1v) is 12.5. The largest absolute Gasteiger partial charge is 0.361 e. The second-order valence-electron chi connectivity index (χ2n) is 8.96. The van der Waals surface area contributed by atoms with E-state index in [1.807, 2.05) is 30.5 Å². The first-order chi connectivity index (χ1) is 16.2. The fourth-order valence-corrected chi connectivity index (χ4v) is 5.96. The summed E-state index contributed by atoms with van der Waals surface area (Å²) in [6, 6.07) is 14.5. The fraction of sp³-hybridized carbons (Fsp3) is 0.308. The number of piperidine rings is 1. The Balaban J connectivity index is 0.00000144. The molecule has 1 amide bonds. The summed E-state index contributed by atoms with van der Waals surface area (Å²) in [6.45, 7) is 4.03. The average Bonchev–Trinajstić information content (AvgIpc) is 3.47. The van der Waals surface area contributed by atoms with E-state index in [0.29, 0.717) is 5.92 Å². The molecule has 6 rings (SSSR count). The Morgan fingerprint density at radius 3 is 2.80 bits per heavy atom. The highest BCUT2D eigenvalue weighted by Crippen LogP contribution is 2.34. The SMILES string of the molecule is Cl.Cl.O=C(NCC1CCN(CCc2c[nH]c3ccccc23)CC1)C1=Cc2cnc3cccc(n23)S1. The van der Waals surface area contributed by atoms with Crippen molar-refractivity contribution in [1.29, 1.82) is 0 Å². The van der Waals surface area contributed by atoms with Crippen LogP contribution in [0.25, 0.3) is 22.6 Å². The number of fused-ring (bicyclic) bond motifs is 1. The van der Waals surface area contributed by atoms with Gasteiger partial charge in [-0.25, -0.2) is 4.98 Å². The number of amides is 1. The highest BCUT2D eigenvalue weighted by molar-refractivity contribution is 8.04. The molecular weight excluding hydrogens is 501 g/mol. The van der Waals surface area contributed by atoms with Gasteiger partial charge in [-0.1, -0.05) is 36.0 Å². The van der Waals surface area contributed by atoms with Crippen LogP contribution in [0.4, 0.5) is 0 Å². The molecule has 0 spiro atoms. The van der Waals surface area contributed by atoms with Crippen molar-refractivity contribution in [3.05, 3.63) is 71.0 Å². The lowest BCUT2D eigenvalue weighted by molar-refractivity contribution is -0.117. The number of rotatable bonds is 6. The van der Waals surface area contributed by atoms with Gasteiger partial charge in [-0.15, -0.1) is 24.8 Å². The average molecular weight is 531 g/mol. The third kappa shape index (κ3) is 5.23. The molecule has 35 heavy (non-hydrogen) atoms. The summed E-state index contributed by atoms with van der Waals surface area (Å²) in [5.74, 6) is 0.563. The lowest BCUT2D eigenvalue weighted by Gasteiger charge is -2.32. The number of benzene rings is 1. The number of thioether (sulfide) groups is 1. The number of hydrogen-bond donors (Lipinski definition) is 2. The summed E-state index contributed by atoms with van der Waals surface area (Å²) < 4.78 is 2.09. The van der Waals surface area contributed by atoms with Crippen molar-refractivity contribution >= 4 is 65.1 Å². The van der Waals surface area contributed by atoms with Crippen LogP contribution >= 0.6 is 36.6 Å². The summed E-state index contributed by atoms with van der Waals surface area (Å²) in [5.41, 5.74) is 4.50. The molecule has 1 saturated heterocycles. The number of pyridine rings is 1. The predicted molar refractivity (Wildman–Crippen MR) is 148 cm³/mol. The fourth-order valence-electron chi connectivity index (χ4n) is 4.95. The molecular formula is C26H29Cl2N5OS. The van der Waals surface area contributed by atoms with Crippen molar-refractivity contribution in [2.24, 2.45) is 5.92 Å². The molecule has 0 radical (unpaired) electrons. The van der Waals surface area contributed by atoms with E-state index < -0.39 is 0 Å². The minimum Gasteiger partial charge on any atom is -0.361 e. The summed E-state index contributed by atoms with van der Waals surface area (Å²) in [7, 11) is 0. The Kier molecular flexibility index (Phi) is 8.12. The Morgan fingerprint density at radius 2 is 1.94 bits per heavy atom. The summed E-state index contributed by atoms with van der Waals surface area (Å²) in [5, 5.41) is 5.56. The van der Waals surface area contributed by atoms with E-state index in [1.54, 1.807) is 0 Å². The number of nitrogens with one attached hydrogen (secondary N) is 2. The molecule has 5 heterocycles. The van der Waals surface area contributed by atoms with Crippen LogP contribution in [-0.2, 0) is 11.2 Å². The molecule has 0 saturated carbocycles. The van der Waals surface area contributed by atoms with Gasteiger partial charge < -0.3 is 15.2 Å². The zero-order chi connectivity index (χ0) is 22.2. The van der Waals surface area contributed by atoms with Crippen molar-refractivity contribution in [3.63, 3.8) is 0 Å². The van der Waals surface area contributed by atoms with Crippen LogP contribution in [0.2, 0.25) is 0 Å². The van der Waals surface area contributed by atoms with E-state index in [-0.39, 0.29) is 30.7 Å². The molecule has 0 unspecified atom stereocenters. The van der Waals surface area contributed by atoms with E-state index in [4.69, 9.17) is 0 Å². The Labute approximate surface area is 221 Å². The van der Waals surface area contributed by atoms with Gasteiger partial charge in [0.25, 0.3) is 5.91 Å². The molecule has 2 aliphatic rings. The van der Waals surface area contributed by atoms with Gasteiger partial charge in [0.05, 0.1) is 21.8 Å². The third-order valence-electron chi connectivity index (χ3n) is 6.87. The Bertz CT molecular complexity index is 1360. The monoisotopic (exact) mass is 529 g/mol. The Morgan fingerprint density at radius 1 is 1.11 bits per heavy atom. The van der Waals surface area contributed by atoms with Crippen molar-refractivity contribution < 1.29 is 4.79 Å². The van der Waals surface area contributed by atoms with Gasteiger partial charge in [0.2, 0.25) is 0 Å². The van der Waals surface area contributed by atoms with Crippen molar-refractivity contribution in [2.75, 3.05) is 26.2 Å². The molecule has 0 atom stereocenters. The number of hydrogen-bond acceptors (Lipinski definition) is 4. The first-order valence-electron chi connectivity index (χ1n) is 11.7. The van der Waals surface area contributed by atoms with Crippen LogP contribution in [-0.4, -0.2) is 51.4 Å². The van der Waals surface area contributed by atoms with Gasteiger partial charge in [-0.2, -0.15) is 0 Å². The maximum atomic E-state index is 12.9. The van der Waals surface area contributed by atoms with E-state index in [1.165, 1.54) is 28.2 Å². The van der Waals surface area contributed by atoms with Crippen LogP contribution in [0.15, 0.2) is 64.8 Å².